The number of para-hydroxylation sites is 1. The third-order valence-corrected chi connectivity index (χ3v) is 6.84. The van der Waals surface area contributed by atoms with Gasteiger partial charge in [-0.25, -0.2) is 8.42 Å². The summed E-state index contributed by atoms with van der Waals surface area (Å²) < 4.78 is 34.2. The molecule has 0 aliphatic rings. The fourth-order valence-electron chi connectivity index (χ4n) is 3.11. The van der Waals surface area contributed by atoms with Gasteiger partial charge < -0.3 is 10.1 Å². The van der Waals surface area contributed by atoms with Crippen LogP contribution in [0.15, 0.2) is 71.6 Å². The lowest BCUT2D eigenvalue weighted by Gasteiger charge is -2.20. The molecule has 2 N–H and O–H groups in total. The van der Waals surface area contributed by atoms with E-state index in [9.17, 15) is 13.2 Å². The summed E-state index contributed by atoms with van der Waals surface area (Å²) in [5.41, 5.74) is 1.72. The van der Waals surface area contributed by atoms with E-state index in [1.165, 1.54) is 13.2 Å². The zero-order valence-corrected chi connectivity index (χ0v) is 19.8. The molecule has 3 aromatic rings. The van der Waals surface area contributed by atoms with Crippen LogP contribution in [-0.4, -0.2) is 27.5 Å². The molecule has 0 fully saturated rings. The van der Waals surface area contributed by atoms with Crippen LogP contribution < -0.4 is 14.8 Å². The predicted octanol–water partition coefficient (Wildman–Crippen LogP) is 4.84. The summed E-state index contributed by atoms with van der Waals surface area (Å²) in [6.45, 7) is 1.77. The molecule has 1 amide bonds. The van der Waals surface area contributed by atoms with Gasteiger partial charge in [-0.2, -0.15) is 4.72 Å². The van der Waals surface area contributed by atoms with E-state index >= 15 is 0 Å². The normalized spacial score (nSPS) is 12.2. The second-order valence-electron chi connectivity index (χ2n) is 7.10. The largest absolute Gasteiger partial charge is 0.495 e. The number of benzene rings is 3. The molecule has 0 saturated carbocycles. The van der Waals surface area contributed by atoms with Gasteiger partial charge in [-0.3, -0.25) is 4.79 Å². The first-order valence-electron chi connectivity index (χ1n) is 9.67. The van der Waals surface area contributed by atoms with Crippen molar-refractivity contribution in [3.63, 3.8) is 0 Å². The van der Waals surface area contributed by atoms with E-state index in [0.29, 0.717) is 0 Å². The fraction of sp³-hybridized carbons (Fsp3) is 0.174. The van der Waals surface area contributed by atoms with Crippen molar-refractivity contribution in [2.45, 2.75) is 24.3 Å². The standard InChI is InChI=1S/C23H22Cl2N2O4S/c1-15-11-12-20(31-2)21(13-15)32(29,30)27-19(14-16-7-4-3-5-8-16)23(28)26-22-17(24)9-6-10-18(22)25/h3-13,19,27H,14H2,1-2H3,(H,26,28). The predicted molar refractivity (Wildman–Crippen MR) is 127 cm³/mol. The monoisotopic (exact) mass is 492 g/mol. The molecule has 0 spiro atoms. The van der Waals surface area contributed by atoms with Gasteiger partial charge in [0.05, 0.1) is 22.8 Å². The van der Waals surface area contributed by atoms with Crippen LogP contribution >= 0.6 is 23.2 Å². The molecular weight excluding hydrogens is 471 g/mol. The molecule has 9 heteroatoms. The first kappa shape index (κ1) is 24.1. The van der Waals surface area contributed by atoms with Crippen molar-refractivity contribution in [3.05, 3.63) is 87.9 Å². The average molecular weight is 493 g/mol. The first-order valence-corrected chi connectivity index (χ1v) is 11.9. The second kappa shape index (κ2) is 10.4. The number of sulfonamides is 1. The van der Waals surface area contributed by atoms with Gasteiger partial charge in [-0.15, -0.1) is 0 Å². The SMILES string of the molecule is COc1ccc(C)cc1S(=O)(=O)NC(Cc1ccccc1)C(=O)Nc1c(Cl)cccc1Cl. The number of carbonyl (C=O) groups is 1. The van der Waals surface area contributed by atoms with E-state index in [-0.39, 0.29) is 32.8 Å². The van der Waals surface area contributed by atoms with Gasteiger partial charge in [0.2, 0.25) is 15.9 Å². The van der Waals surface area contributed by atoms with Gasteiger partial charge in [0.1, 0.15) is 16.7 Å². The molecule has 168 valence electrons. The van der Waals surface area contributed by atoms with Crippen molar-refractivity contribution in [2.75, 3.05) is 12.4 Å². The van der Waals surface area contributed by atoms with Gasteiger partial charge >= 0.3 is 0 Å². The van der Waals surface area contributed by atoms with E-state index in [1.54, 1.807) is 37.3 Å². The van der Waals surface area contributed by atoms with E-state index in [2.05, 4.69) is 10.0 Å². The van der Waals surface area contributed by atoms with Crippen molar-refractivity contribution >= 4 is 44.8 Å². The highest BCUT2D eigenvalue weighted by Gasteiger charge is 2.29. The van der Waals surface area contributed by atoms with Crippen molar-refractivity contribution in [1.82, 2.24) is 4.72 Å². The molecule has 1 atom stereocenters. The maximum atomic E-state index is 13.2. The van der Waals surface area contributed by atoms with Crippen molar-refractivity contribution in [2.24, 2.45) is 0 Å². The summed E-state index contributed by atoms with van der Waals surface area (Å²) >= 11 is 12.3. The van der Waals surface area contributed by atoms with Crippen LogP contribution in [0, 0.1) is 6.92 Å². The number of ether oxygens (including phenoxy) is 1. The van der Waals surface area contributed by atoms with Crippen LogP contribution in [0.2, 0.25) is 10.0 Å². The molecule has 0 saturated heterocycles. The summed E-state index contributed by atoms with van der Waals surface area (Å²) in [5, 5.41) is 3.14. The summed E-state index contributed by atoms with van der Waals surface area (Å²) in [6.07, 6.45) is 0.113. The molecule has 3 aromatic carbocycles. The molecule has 1 unspecified atom stereocenters. The Hall–Kier alpha value is -2.58. The minimum Gasteiger partial charge on any atom is -0.495 e. The van der Waals surface area contributed by atoms with Crippen LogP contribution in [0.5, 0.6) is 5.75 Å². The second-order valence-corrected chi connectivity index (χ2v) is 9.60. The van der Waals surface area contributed by atoms with Gasteiger partial charge in [0, 0.05) is 0 Å². The quantitative estimate of drug-likeness (QED) is 0.471. The lowest BCUT2D eigenvalue weighted by atomic mass is 10.1. The number of halogens is 2. The zero-order valence-electron chi connectivity index (χ0n) is 17.4. The number of hydrogen-bond donors (Lipinski definition) is 2. The summed E-state index contributed by atoms with van der Waals surface area (Å²) in [4.78, 5) is 13.1. The van der Waals surface area contributed by atoms with Gasteiger partial charge in [0.25, 0.3) is 0 Å². The van der Waals surface area contributed by atoms with Gasteiger partial charge in [-0.1, -0.05) is 65.7 Å². The highest BCUT2D eigenvalue weighted by atomic mass is 35.5. The number of hydrogen-bond acceptors (Lipinski definition) is 4. The van der Waals surface area contributed by atoms with Crippen LogP contribution in [0.3, 0.4) is 0 Å². The van der Waals surface area contributed by atoms with Crippen molar-refractivity contribution in [1.29, 1.82) is 0 Å². The summed E-state index contributed by atoms with van der Waals surface area (Å²) in [5.74, 6) is -0.421. The van der Waals surface area contributed by atoms with E-state index in [0.717, 1.165) is 11.1 Å². The Bertz CT molecular complexity index is 1200. The summed E-state index contributed by atoms with van der Waals surface area (Å²) in [7, 11) is -2.72. The molecule has 6 nitrogen and oxygen atoms in total. The van der Waals surface area contributed by atoms with Gasteiger partial charge in [0.15, 0.2) is 0 Å². The number of anilines is 1. The molecule has 0 aliphatic heterocycles. The number of methoxy groups -OCH3 is 1. The van der Waals surface area contributed by atoms with E-state index < -0.39 is 22.0 Å². The number of aryl methyl sites for hydroxylation is 1. The Morgan fingerprint density at radius 3 is 2.28 bits per heavy atom. The molecule has 0 aromatic heterocycles. The van der Waals surface area contributed by atoms with Crippen molar-refractivity contribution < 1.29 is 17.9 Å². The van der Waals surface area contributed by atoms with Crippen LogP contribution in [0.25, 0.3) is 0 Å². The molecular formula is C23H22Cl2N2O4S. The maximum absolute atomic E-state index is 13.2. The Morgan fingerprint density at radius 1 is 1.00 bits per heavy atom. The number of rotatable bonds is 8. The highest BCUT2D eigenvalue weighted by Crippen LogP contribution is 2.30. The van der Waals surface area contributed by atoms with Crippen LogP contribution in [0.4, 0.5) is 5.69 Å². The fourth-order valence-corrected chi connectivity index (χ4v) is 5.05. The number of carbonyl (C=O) groups excluding carboxylic acids is 1. The Labute approximate surface area is 197 Å². The molecule has 0 aliphatic carbocycles. The maximum Gasteiger partial charge on any atom is 0.245 e. The number of nitrogens with one attached hydrogen (secondary N) is 2. The molecule has 0 radical (unpaired) electrons. The topological polar surface area (TPSA) is 84.5 Å². The molecule has 0 bridgehead atoms. The third kappa shape index (κ3) is 5.81. The van der Waals surface area contributed by atoms with E-state index in [4.69, 9.17) is 27.9 Å². The lowest BCUT2D eigenvalue weighted by molar-refractivity contribution is -0.117. The van der Waals surface area contributed by atoms with Crippen LogP contribution in [-0.2, 0) is 21.2 Å². The molecule has 32 heavy (non-hydrogen) atoms. The first-order chi connectivity index (χ1) is 15.2. The van der Waals surface area contributed by atoms with Gasteiger partial charge in [-0.05, 0) is 48.7 Å². The third-order valence-electron chi connectivity index (χ3n) is 4.72. The Kier molecular flexibility index (Phi) is 7.79. The Balaban J connectivity index is 1.96. The minimum atomic E-state index is -4.10. The molecule has 0 heterocycles. The summed E-state index contributed by atoms with van der Waals surface area (Å²) in [6, 6.07) is 17.6. The highest BCUT2D eigenvalue weighted by molar-refractivity contribution is 7.89. The number of amides is 1. The molecule has 3 rings (SSSR count). The Morgan fingerprint density at radius 2 is 1.66 bits per heavy atom. The lowest BCUT2D eigenvalue weighted by Crippen LogP contribution is -2.45. The minimum absolute atomic E-state index is 0.0540. The zero-order chi connectivity index (χ0) is 23.3. The average Bonchev–Trinajstić information content (AvgIpc) is 2.76. The van der Waals surface area contributed by atoms with Crippen LogP contribution in [0.1, 0.15) is 11.1 Å². The van der Waals surface area contributed by atoms with Crippen molar-refractivity contribution in [3.8, 4) is 5.75 Å². The smallest absolute Gasteiger partial charge is 0.245 e. The van der Waals surface area contributed by atoms with E-state index in [1.807, 2.05) is 30.3 Å².